The van der Waals surface area contributed by atoms with Crippen LogP contribution in [-0.2, 0) is 0 Å². The number of hydrogen-bond acceptors (Lipinski definition) is 2. The Morgan fingerprint density at radius 2 is 1.46 bits per heavy atom. The van der Waals surface area contributed by atoms with Gasteiger partial charge in [-0.1, -0.05) is 42.5 Å². The van der Waals surface area contributed by atoms with Crippen molar-refractivity contribution in [3.63, 3.8) is 0 Å². The summed E-state index contributed by atoms with van der Waals surface area (Å²) in [4.78, 5) is 24.0. The number of anilines is 1. The maximum Gasteiger partial charge on any atom is 0.337 e. The first-order chi connectivity index (χ1) is 12.5. The van der Waals surface area contributed by atoms with Gasteiger partial charge < -0.3 is 10.4 Å². The van der Waals surface area contributed by atoms with Crippen molar-refractivity contribution in [2.75, 3.05) is 5.32 Å². The normalized spacial score (nSPS) is 10.4. The first-order valence-electron chi connectivity index (χ1n) is 8.27. The molecule has 3 aromatic carbocycles. The first kappa shape index (κ1) is 17.4. The van der Waals surface area contributed by atoms with E-state index in [0.717, 1.165) is 16.7 Å². The Kier molecular flexibility index (Phi) is 4.85. The van der Waals surface area contributed by atoms with Gasteiger partial charge in [0, 0.05) is 5.56 Å². The van der Waals surface area contributed by atoms with Gasteiger partial charge in [-0.05, 0) is 60.4 Å². The molecule has 4 nitrogen and oxygen atoms in total. The summed E-state index contributed by atoms with van der Waals surface area (Å²) in [5.41, 5.74) is 4.97. The summed E-state index contributed by atoms with van der Waals surface area (Å²) >= 11 is 0. The van der Waals surface area contributed by atoms with E-state index in [4.69, 9.17) is 0 Å². The van der Waals surface area contributed by atoms with Crippen molar-refractivity contribution >= 4 is 17.6 Å². The molecule has 3 rings (SSSR count). The summed E-state index contributed by atoms with van der Waals surface area (Å²) in [6, 6.07) is 19.8. The van der Waals surface area contributed by atoms with Crippen LogP contribution in [0.1, 0.15) is 31.8 Å². The molecule has 3 aromatic rings. The van der Waals surface area contributed by atoms with E-state index in [1.165, 1.54) is 11.6 Å². The second-order valence-corrected chi connectivity index (χ2v) is 6.18. The molecule has 0 atom stereocenters. The summed E-state index contributed by atoms with van der Waals surface area (Å²) in [5, 5.41) is 12.2. The fourth-order valence-corrected chi connectivity index (χ4v) is 2.72. The van der Waals surface area contributed by atoms with Crippen LogP contribution in [0.15, 0.2) is 66.7 Å². The zero-order valence-electron chi connectivity index (χ0n) is 14.6. The summed E-state index contributed by atoms with van der Waals surface area (Å²) < 4.78 is 0. The molecule has 0 fully saturated rings. The monoisotopic (exact) mass is 345 g/mol. The number of nitrogens with one attached hydrogen (secondary N) is 1. The average Bonchev–Trinajstić information content (AvgIpc) is 2.64. The number of carboxylic acid groups (broad SMARTS) is 1. The molecule has 0 saturated heterocycles. The lowest BCUT2D eigenvalue weighted by Gasteiger charge is -2.12. The van der Waals surface area contributed by atoms with Gasteiger partial charge >= 0.3 is 5.97 Å². The maximum absolute atomic E-state index is 12.4. The third-order valence-corrected chi connectivity index (χ3v) is 4.37. The highest BCUT2D eigenvalue weighted by Crippen LogP contribution is 2.28. The Labute approximate surface area is 152 Å². The standard InChI is InChI=1S/C22H19NO3/c1-14-8-9-17(12-15(14)2)18-10-11-19(22(25)26)20(13-18)23-21(24)16-6-4-3-5-7-16/h3-13H,1-2H3,(H,23,24)(H,25,26). The second kappa shape index (κ2) is 7.23. The Morgan fingerprint density at radius 3 is 2.12 bits per heavy atom. The molecule has 0 aliphatic carbocycles. The van der Waals surface area contributed by atoms with Gasteiger partial charge in [-0.25, -0.2) is 4.79 Å². The number of rotatable bonds is 4. The average molecular weight is 345 g/mol. The highest BCUT2D eigenvalue weighted by Gasteiger charge is 2.15. The van der Waals surface area contributed by atoms with Gasteiger partial charge in [-0.2, -0.15) is 0 Å². The van der Waals surface area contributed by atoms with Crippen LogP contribution in [0.2, 0.25) is 0 Å². The van der Waals surface area contributed by atoms with Crippen LogP contribution in [0, 0.1) is 13.8 Å². The van der Waals surface area contributed by atoms with Gasteiger partial charge in [0.15, 0.2) is 0 Å². The van der Waals surface area contributed by atoms with Gasteiger partial charge in [-0.3, -0.25) is 4.79 Å². The highest BCUT2D eigenvalue weighted by atomic mass is 16.4. The largest absolute Gasteiger partial charge is 0.478 e. The van der Waals surface area contributed by atoms with Crippen LogP contribution in [0.5, 0.6) is 0 Å². The number of carbonyl (C=O) groups is 2. The minimum atomic E-state index is -1.08. The second-order valence-electron chi connectivity index (χ2n) is 6.18. The number of amides is 1. The molecular weight excluding hydrogens is 326 g/mol. The Balaban J connectivity index is 2.00. The molecule has 0 radical (unpaired) electrons. The molecule has 0 aromatic heterocycles. The van der Waals surface area contributed by atoms with E-state index >= 15 is 0 Å². The van der Waals surface area contributed by atoms with Crippen LogP contribution in [0.4, 0.5) is 5.69 Å². The van der Waals surface area contributed by atoms with E-state index < -0.39 is 5.97 Å². The predicted octanol–water partition coefficient (Wildman–Crippen LogP) is 4.92. The van der Waals surface area contributed by atoms with Crippen molar-refractivity contribution in [2.45, 2.75) is 13.8 Å². The van der Waals surface area contributed by atoms with E-state index in [0.29, 0.717) is 5.56 Å². The van der Waals surface area contributed by atoms with Crippen LogP contribution in [-0.4, -0.2) is 17.0 Å². The van der Waals surface area contributed by atoms with E-state index in [-0.39, 0.29) is 17.2 Å². The molecule has 0 heterocycles. The first-order valence-corrected chi connectivity index (χ1v) is 8.27. The highest BCUT2D eigenvalue weighted by molar-refractivity contribution is 6.08. The molecule has 0 bridgehead atoms. The number of benzene rings is 3. The number of hydrogen-bond donors (Lipinski definition) is 2. The van der Waals surface area contributed by atoms with E-state index in [1.807, 2.05) is 38.1 Å². The Morgan fingerprint density at radius 1 is 0.808 bits per heavy atom. The lowest BCUT2D eigenvalue weighted by atomic mass is 9.98. The van der Waals surface area contributed by atoms with E-state index in [1.54, 1.807) is 36.4 Å². The van der Waals surface area contributed by atoms with Crippen molar-refractivity contribution in [2.24, 2.45) is 0 Å². The molecule has 4 heteroatoms. The number of aromatic carboxylic acids is 1. The predicted molar refractivity (Wildman–Crippen MR) is 103 cm³/mol. The van der Waals surface area contributed by atoms with Crippen LogP contribution < -0.4 is 5.32 Å². The summed E-state index contributed by atoms with van der Waals surface area (Å²) in [6.07, 6.45) is 0. The summed E-state index contributed by atoms with van der Waals surface area (Å²) in [6.45, 7) is 4.07. The number of carboxylic acids is 1. The van der Waals surface area contributed by atoms with Crippen molar-refractivity contribution in [1.82, 2.24) is 0 Å². The lowest BCUT2D eigenvalue weighted by Crippen LogP contribution is -2.14. The van der Waals surface area contributed by atoms with Gasteiger partial charge in [0.1, 0.15) is 0 Å². The molecule has 26 heavy (non-hydrogen) atoms. The molecule has 1 amide bonds. The third-order valence-electron chi connectivity index (χ3n) is 4.37. The fraction of sp³-hybridized carbons (Fsp3) is 0.0909. The topological polar surface area (TPSA) is 66.4 Å². The smallest absolute Gasteiger partial charge is 0.337 e. The molecule has 0 spiro atoms. The van der Waals surface area contributed by atoms with E-state index in [9.17, 15) is 14.7 Å². The minimum Gasteiger partial charge on any atom is -0.478 e. The minimum absolute atomic E-state index is 0.0573. The van der Waals surface area contributed by atoms with Crippen molar-refractivity contribution < 1.29 is 14.7 Å². The van der Waals surface area contributed by atoms with Crippen LogP contribution in [0.3, 0.4) is 0 Å². The molecule has 2 N–H and O–H groups in total. The molecule has 130 valence electrons. The molecular formula is C22H19NO3. The summed E-state index contributed by atoms with van der Waals surface area (Å²) in [5.74, 6) is -1.43. The van der Waals surface area contributed by atoms with Gasteiger partial charge in [0.25, 0.3) is 5.91 Å². The van der Waals surface area contributed by atoms with Crippen molar-refractivity contribution in [3.05, 3.63) is 89.0 Å². The zero-order chi connectivity index (χ0) is 18.7. The van der Waals surface area contributed by atoms with Crippen molar-refractivity contribution in [1.29, 1.82) is 0 Å². The van der Waals surface area contributed by atoms with Gasteiger partial charge in [0.05, 0.1) is 11.3 Å². The maximum atomic E-state index is 12.4. The summed E-state index contributed by atoms with van der Waals surface area (Å²) in [7, 11) is 0. The quantitative estimate of drug-likeness (QED) is 0.705. The molecule has 0 saturated carbocycles. The molecule has 0 aliphatic heterocycles. The van der Waals surface area contributed by atoms with Gasteiger partial charge in [-0.15, -0.1) is 0 Å². The molecule has 0 unspecified atom stereocenters. The Hall–Kier alpha value is -3.40. The third kappa shape index (κ3) is 3.64. The lowest BCUT2D eigenvalue weighted by molar-refractivity contribution is 0.0698. The van der Waals surface area contributed by atoms with Crippen molar-refractivity contribution in [3.8, 4) is 11.1 Å². The van der Waals surface area contributed by atoms with E-state index in [2.05, 4.69) is 5.32 Å². The number of carbonyl (C=O) groups excluding carboxylic acids is 1. The number of aryl methyl sites for hydroxylation is 2. The SMILES string of the molecule is Cc1ccc(-c2ccc(C(=O)O)c(NC(=O)c3ccccc3)c2)cc1C. The van der Waals surface area contributed by atoms with Crippen LogP contribution in [0.25, 0.3) is 11.1 Å². The Bertz CT molecular complexity index is 978. The van der Waals surface area contributed by atoms with Crippen LogP contribution >= 0.6 is 0 Å². The molecule has 0 aliphatic rings. The fourth-order valence-electron chi connectivity index (χ4n) is 2.72. The van der Waals surface area contributed by atoms with Gasteiger partial charge in [0.2, 0.25) is 0 Å². The zero-order valence-corrected chi connectivity index (χ0v) is 14.6.